The summed E-state index contributed by atoms with van der Waals surface area (Å²) in [5, 5.41) is 7.83. The van der Waals surface area contributed by atoms with Crippen molar-refractivity contribution in [3.8, 4) is 0 Å². The van der Waals surface area contributed by atoms with Gasteiger partial charge >= 0.3 is 0 Å². The Kier molecular flexibility index (Phi) is 5.96. The average Bonchev–Trinajstić information content (AvgIpc) is 2.96. The second-order valence-electron chi connectivity index (χ2n) is 5.57. The lowest BCUT2D eigenvalue weighted by Gasteiger charge is -2.22. The van der Waals surface area contributed by atoms with Crippen LogP contribution in [0.25, 0.3) is 11.1 Å². The topological polar surface area (TPSA) is 97.1 Å². The summed E-state index contributed by atoms with van der Waals surface area (Å²) in [7, 11) is -3.56. The maximum Gasteiger partial charge on any atom is 0.258 e. The number of aromatic nitrogens is 2. The smallest absolute Gasteiger partial charge is 0.258 e. The molecular weight excluding hydrogens is 340 g/mol. The van der Waals surface area contributed by atoms with Crippen LogP contribution in [-0.2, 0) is 16.4 Å². The molecule has 1 unspecified atom stereocenters. The van der Waals surface area contributed by atoms with Crippen LogP contribution in [0.5, 0.6) is 0 Å². The number of halogens is 1. The van der Waals surface area contributed by atoms with Crippen LogP contribution in [0.4, 0.5) is 0 Å². The fourth-order valence-corrected chi connectivity index (χ4v) is 3.76. The third-order valence-corrected chi connectivity index (χ3v) is 5.38. The number of fused-ring (bicyclic) bond motifs is 1. The van der Waals surface area contributed by atoms with Crippen LogP contribution in [0, 0.1) is 5.92 Å². The van der Waals surface area contributed by atoms with Crippen molar-refractivity contribution in [1.82, 2.24) is 20.2 Å². The van der Waals surface area contributed by atoms with Gasteiger partial charge in [-0.2, -0.15) is 0 Å². The van der Waals surface area contributed by atoms with Crippen LogP contribution in [-0.4, -0.2) is 38.2 Å². The van der Waals surface area contributed by atoms with Crippen LogP contribution < -0.4 is 10.0 Å². The number of nitrogens with zero attached hydrogens (tertiary/aromatic N) is 2. The van der Waals surface area contributed by atoms with Gasteiger partial charge in [-0.1, -0.05) is 12.1 Å². The van der Waals surface area contributed by atoms with Gasteiger partial charge in [0.25, 0.3) is 5.71 Å². The van der Waals surface area contributed by atoms with Gasteiger partial charge in [0.15, 0.2) is 0 Å². The summed E-state index contributed by atoms with van der Waals surface area (Å²) in [6, 6.07) is 1.58. The van der Waals surface area contributed by atoms with Crippen molar-refractivity contribution in [2.75, 3.05) is 19.6 Å². The summed E-state index contributed by atoms with van der Waals surface area (Å²) in [5.41, 5.74) is 1.09. The lowest BCUT2D eigenvalue weighted by atomic mass is 10.0. The first kappa shape index (κ1) is 18.1. The first-order valence-corrected chi connectivity index (χ1v) is 9.03. The molecule has 2 aromatic rings. The molecule has 1 aliphatic heterocycles. The molecular formula is C14H21ClN4O3S. The number of aryl methyl sites for hydroxylation is 1. The van der Waals surface area contributed by atoms with E-state index in [2.05, 4.69) is 20.2 Å². The molecule has 0 amide bonds. The Labute approximate surface area is 141 Å². The second-order valence-corrected chi connectivity index (χ2v) is 7.34. The zero-order valence-corrected chi connectivity index (χ0v) is 14.5. The monoisotopic (exact) mass is 360 g/mol. The number of hydrogen-bond acceptors (Lipinski definition) is 6. The number of nitrogens with one attached hydrogen (secondary N) is 2. The molecule has 128 valence electrons. The third kappa shape index (κ3) is 4.00. The van der Waals surface area contributed by atoms with Crippen LogP contribution >= 0.6 is 12.4 Å². The first-order valence-electron chi connectivity index (χ1n) is 7.55. The zero-order chi connectivity index (χ0) is 15.6. The van der Waals surface area contributed by atoms with Crippen molar-refractivity contribution in [1.29, 1.82) is 0 Å². The second kappa shape index (κ2) is 7.57. The van der Waals surface area contributed by atoms with Crippen molar-refractivity contribution in [3.63, 3.8) is 0 Å². The van der Waals surface area contributed by atoms with Crippen molar-refractivity contribution < 1.29 is 12.9 Å². The molecule has 23 heavy (non-hydrogen) atoms. The van der Waals surface area contributed by atoms with E-state index in [-0.39, 0.29) is 17.3 Å². The van der Waals surface area contributed by atoms with Gasteiger partial charge in [0.1, 0.15) is 4.90 Å². The summed E-state index contributed by atoms with van der Waals surface area (Å²) in [5.74, 6) is 0.335. The van der Waals surface area contributed by atoms with Crippen molar-refractivity contribution >= 4 is 33.5 Å². The maximum absolute atomic E-state index is 12.4. The summed E-state index contributed by atoms with van der Waals surface area (Å²) in [6.07, 6.45) is 4.10. The zero-order valence-electron chi connectivity index (χ0n) is 12.9. The molecule has 0 aliphatic carbocycles. The molecule has 1 aliphatic rings. The van der Waals surface area contributed by atoms with Crippen molar-refractivity contribution in [2.45, 2.75) is 31.1 Å². The van der Waals surface area contributed by atoms with E-state index in [9.17, 15) is 8.42 Å². The van der Waals surface area contributed by atoms with E-state index in [0.717, 1.165) is 31.6 Å². The third-order valence-electron chi connectivity index (χ3n) is 3.99. The highest BCUT2D eigenvalue weighted by Crippen LogP contribution is 2.20. The Morgan fingerprint density at radius 2 is 2.30 bits per heavy atom. The SMILES string of the molecule is CCc1noc2ncc(S(=O)(=O)NCC3CCCNC3)cc12.Cl. The van der Waals surface area contributed by atoms with Gasteiger partial charge < -0.3 is 9.84 Å². The van der Waals surface area contributed by atoms with Gasteiger partial charge in [-0.05, 0) is 44.3 Å². The Bertz CT molecular complexity index is 756. The molecule has 1 saturated heterocycles. The lowest BCUT2D eigenvalue weighted by molar-refractivity contribution is 0.376. The highest BCUT2D eigenvalue weighted by Gasteiger charge is 2.20. The van der Waals surface area contributed by atoms with Gasteiger partial charge in [-0.3, -0.25) is 0 Å². The molecule has 0 saturated carbocycles. The van der Waals surface area contributed by atoms with E-state index in [1.165, 1.54) is 6.20 Å². The minimum absolute atomic E-state index is 0. The van der Waals surface area contributed by atoms with E-state index in [1.54, 1.807) is 6.07 Å². The van der Waals surface area contributed by atoms with E-state index >= 15 is 0 Å². The molecule has 7 nitrogen and oxygen atoms in total. The molecule has 0 radical (unpaired) electrons. The van der Waals surface area contributed by atoms with Crippen LogP contribution in [0.3, 0.4) is 0 Å². The molecule has 3 heterocycles. The number of rotatable bonds is 5. The average molecular weight is 361 g/mol. The van der Waals surface area contributed by atoms with E-state index in [0.29, 0.717) is 30.0 Å². The van der Waals surface area contributed by atoms with Gasteiger partial charge in [0, 0.05) is 6.54 Å². The van der Waals surface area contributed by atoms with Gasteiger partial charge in [-0.25, -0.2) is 18.1 Å². The molecule has 0 aromatic carbocycles. The maximum atomic E-state index is 12.4. The van der Waals surface area contributed by atoms with Gasteiger partial charge in [-0.15, -0.1) is 12.4 Å². The molecule has 2 aromatic heterocycles. The van der Waals surface area contributed by atoms with E-state index < -0.39 is 10.0 Å². The Morgan fingerprint density at radius 3 is 3.00 bits per heavy atom. The predicted molar refractivity (Wildman–Crippen MR) is 89.2 cm³/mol. The molecule has 1 fully saturated rings. The molecule has 2 N–H and O–H groups in total. The van der Waals surface area contributed by atoms with Crippen molar-refractivity contribution in [3.05, 3.63) is 18.0 Å². The Morgan fingerprint density at radius 1 is 1.48 bits per heavy atom. The molecule has 0 bridgehead atoms. The standard InChI is InChI=1S/C14H20N4O3S.ClH/c1-2-13-12-6-11(9-16-14(12)21-18-13)22(19,20)17-8-10-4-3-5-15-7-10;/h6,9-10,15,17H,2-5,7-8H2,1H3;1H. The molecule has 0 spiro atoms. The highest BCUT2D eigenvalue weighted by atomic mass is 35.5. The normalized spacial score (nSPS) is 18.7. The Hall–Kier alpha value is -1.22. The molecule has 9 heteroatoms. The number of hydrogen-bond donors (Lipinski definition) is 2. The lowest BCUT2D eigenvalue weighted by Crippen LogP contribution is -2.38. The summed E-state index contributed by atoms with van der Waals surface area (Å²) in [4.78, 5) is 4.20. The van der Waals surface area contributed by atoms with E-state index in [4.69, 9.17) is 4.52 Å². The van der Waals surface area contributed by atoms with E-state index in [1.807, 2.05) is 6.92 Å². The van der Waals surface area contributed by atoms with Crippen LogP contribution in [0.1, 0.15) is 25.5 Å². The summed E-state index contributed by atoms with van der Waals surface area (Å²) in [6.45, 7) is 4.24. The fraction of sp³-hybridized carbons (Fsp3) is 0.571. The van der Waals surface area contributed by atoms with Crippen molar-refractivity contribution in [2.24, 2.45) is 5.92 Å². The summed E-state index contributed by atoms with van der Waals surface area (Å²) < 4.78 is 32.6. The quantitative estimate of drug-likeness (QED) is 0.838. The minimum atomic E-state index is -3.56. The largest absolute Gasteiger partial charge is 0.336 e. The first-order chi connectivity index (χ1) is 10.6. The number of pyridine rings is 1. The highest BCUT2D eigenvalue weighted by molar-refractivity contribution is 7.89. The fourth-order valence-electron chi connectivity index (χ4n) is 2.67. The molecule has 1 atom stereocenters. The number of piperidine rings is 1. The number of sulfonamides is 1. The van der Waals surface area contributed by atoms with Crippen LogP contribution in [0.15, 0.2) is 21.7 Å². The summed E-state index contributed by atoms with van der Waals surface area (Å²) >= 11 is 0. The van der Waals surface area contributed by atoms with Crippen LogP contribution in [0.2, 0.25) is 0 Å². The minimum Gasteiger partial charge on any atom is -0.336 e. The van der Waals surface area contributed by atoms with Gasteiger partial charge in [0.05, 0.1) is 17.3 Å². The van der Waals surface area contributed by atoms with Gasteiger partial charge in [0.2, 0.25) is 10.0 Å². The predicted octanol–water partition coefficient (Wildman–Crippen LogP) is 1.48. The molecule has 3 rings (SSSR count). The Balaban J connectivity index is 0.00000192.